The zero-order valence-corrected chi connectivity index (χ0v) is 17.7. The van der Waals surface area contributed by atoms with Gasteiger partial charge in [-0.2, -0.15) is 0 Å². The monoisotopic (exact) mass is 404 g/mol. The van der Waals surface area contributed by atoms with E-state index in [1.54, 1.807) is 35.6 Å². The van der Waals surface area contributed by atoms with E-state index >= 15 is 0 Å². The maximum absolute atomic E-state index is 12.5. The number of thiazole rings is 1. The molecular formula is C21H28N2O4S. The summed E-state index contributed by atoms with van der Waals surface area (Å²) in [6.07, 6.45) is 1.95. The summed E-state index contributed by atoms with van der Waals surface area (Å²) in [6, 6.07) is 6.09. The molecule has 0 radical (unpaired) electrons. The molecule has 0 aliphatic carbocycles. The van der Waals surface area contributed by atoms with Gasteiger partial charge in [-0.3, -0.25) is 4.79 Å². The van der Waals surface area contributed by atoms with Crippen LogP contribution in [-0.2, 0) is 22.6 Å². The Morgan fingerprint density at radius 2 is 1.89 bits per heavy atom. The van der Waals surface area contributed by atoms with Gasteiger partial charge in [-0.25, -0.2) is 9.78 Å². The van der Waals surface area contributed by atoms with Gasteiger partial charge in [0.1, 0.15) is 18.4 Å². The molecule has 2 aromatic rings. The quantitative estimate of drug-likeness (QED) is 0.606. The number of hydrogen-bond donors (Lipinski definition) is 1. The maximum atomic E-state index is 12.5. The molecule has 6 nitrogen and oxygen atoms in total. The van der Waals surface area contributed by atoms with Crippen LogP contribution < -0.4 is 10.1 Å². The van der Waals surface area contributed by atoms with Gasteiger partial charge in [-0.15, -0.1) is 11.3 Å². The average molecular weight is 405 g/mol. The SMILES string of the molecule is CCCc1nc(COC(=O)[C@@H](NC(=O)c2ccc(OCC)cc2)C(C)C)cs1. The van der Waals surface area contributed by atoms with Crippen LogP contribution in [0.4, 0.5) is 0 Å². The fourth-order valence-electron chi connectivity index (χ4n) is 2.57. The molecule has 2 rings (SSSR count). The summed E-state index contributed by atoms with van der Waals surface area (Å²) in [4.78, 5) is 29.5. The number of carbonyl (C=O) groups excluding carboxylic acids is 2. The standard InChI is InChI=1S/C21H28N2O4S/c1-5-7-18-22-16(13-28-18)12-27-21(25)19(14(3)4)23-20(24)15-8-10-17(11-9-15)26-6-2/h8-11,13-14,19H,5-7,12H2,1-4H3,(H,23,24)/t19-/m0/s1. The van der Waals surface area contributed by atoms with E-state index in [1.807, 2.05) is 26.2 Å². The molecule has 152 valence electrons. The Hall–Kier alpha value is -2.41. The fraction of sp³-hybridized carbons (Fsp3) is 0.476. The Morgan fingerprint density at radius 3 is 2.50 bits per heavy atom. The van der Waals surface area contributed by atoms with Crippen LogP contribution in [0.25, 0.3) is 0 Å². The van der Waals surface area contributed by atoms with E-state index in [2.05, 4.69) is 17.2 Å². The minimum Gasteiger partial charge on any atom is -0.494 e. The second-order valence-corrected chi connectivity index (χ2v) is 7.69. The van der Waals surface area contributed by atoms with Gasteiger partial charge in [-0.1, -0.05) is 20.8 Å². The van der Waals surface area contributed by atoms with Gasteiger partial charge in [0.15, 0.2) is 0 Å². The van der Waals surface area contributed by atoms with Crippen molar-refractivity contribution >= 4 is 23.2 Å². The van der Waals surface area contributed by atoms with Gasteiger partial charge in [0, 0.05) is 10.9 Å². The normalized spacial score (nSPS) is 11.9. The molecule has 1 amide bonds. The van der Waals surface area contributed by atoms with Crippen molar-refractivity contribution in [2.24, 2.45) is 5.92 Å². The molecule has 1 heterocycles. The van der Waals surface area contributed by atoms with Crippen molar-refractivity contribution in [3.8, 4) is 5.75 Å². The zero-order valence-electron chi connectivity index (χ0n) is 16.9. The Bertz CT molecular complexity index is 771. The number of hydrogen-bond acceptors (Lipinski definition) is 6. The highest BCUT2D eigenvalue weighted by molar-refractivity contribution is 7.09. The number of esters is 1. The van der Waals surface area contributed by atoms with E-state index in [0.29, 0.717) is 17.9 Å². The van der Waals surface area contributed by atoms with E-state index in [4.69, 9.17) is 9.47 Å². The molecular weight excluding hydrogens is 376 g/mol. The molecule has 0 saturated carbocycles. The second-order valence-electron chi connectivity index (χ2n) is 6.74. The van der Waals surface area contributed by atoms with Gasteiger partial charge >= 0.3 is 5.97 Å². The van der Waals surface area contributed by atoms with Gasteiger partial charge in [-0.05, 0) is 49.9 Å². The lowest BCUT2D eigenvalue weighted by Crippen LogP contribution is -2.45. The number of aryl methyl sites for hydroxylation is 1. The zero-order chi connectivity index (χ0) is 20.5. The number of benzene rings is 1. The lowest BCUT2D eigenvalue weighted by atomic mass is 10.0. The van der Waals surface area contributed by atoms with Crippen molar-refractivity contribution in [3.63, 3.8) is 0 Å². The molecule has 28 heavy (non-hydrogen) atoms. The van der Waals surface area contributed by atoms with Gasteiger partial charge in [0.05, 0.1) is 17.3 Å². The van der Waals surface area contributed by atoms with E-state index in [0.717, 1.165) is 23.5 Å². The molecule has 0 aliphatic heterocycles. The summed E-state index contributed by atoms with van der Waals surface area (Å²) < 4.78 is 10.8. The topological polar surface area (TPSA) is 77.5 Å². The first-order chi connectivity index (χ1) is 13.4. The second kappa shape index (κ2) is 10.8. The average Bonchev–Trinajstić information content (AvgIpc) is 3.12. The number of nitrogens with one attached hydrogen (secondary N) is 1. The lowest BCUT2D eigenvalue weighted by Gasteiger charge is -2.20. The van der Waals surface area contributed by atoms with Crippen molar-refractivity contribution in [1.29, 1.82) is 0 Å². The minimum atomic E-state index is -0.729. The molecule has 0 bridgehead atoms. The fourth-order valence-corrected chi connectivity index (χ4v) is 3.46. The molecule has 0 fully saturated rings. The minimum absolute atomic E-state index is 0.106. The van der Waals surface area contributed by atoms with E-state index in [1.165, 1.54) is 0 Å². The Kier molecular flexibility index (Phi) is 8.44. The first-order valence-electron chi connectivity index (χ1n) is 9.58. The Morgan fingerprint density at radius 1 is 1.18 bits per heavy atom. The lowest BCUT2D eigenvalue weighted by molar-refractivity contribution is -0.148. The predicted molar refractivity (Wildman–Crippen MR) is 110 cm³/mol. The Balaban J connectivity index is 1.95. The van der Waals surface area contributed by atoms with Crippen LogP contribution in [0.5, 0.6) is 5.75 Å². The molecule has 0 saturated heterocycles. The maximum Gasteiger partial charge on any atom is 0.329 e. The van der Waals surface area contributed by atoms with E-state index in [9.17, 15) is 9.59 Å². The third-order valence-corrected chi connectivity index (χ3v) is 5.02. The molecule has 0 unspecified atom stereocenters. The third-order valence-electron chi connectivity index (χ3n) is 4.06. The summed E-state index contributed by atoms with van der Waals surface area (Å²) in [7, 11) is 0. The van der Waals surface area contributed by atoms with Crippen LogP contribution in [0, 0.1) is 5.92 Å². The van der Waals surface area contributed by atoms with Gasteiger partial charge in [0.2, 0.25) is 0 Å². The van der Waals surface area contributed by atoms with Crippen LogP contribution in [0.15, 0.2) is 29.6 Å². The highest BCUT2D eigenvalue weighted by Gasteiger charge is 2.26. The first-order valence-corrected chi connectivity index (χ1v) is 10.5. The number of aromatic nitrogens is 1. The molecule has 1 atom stereocenters. The van der Waals surface area contributed by atoms with E-state index in [-0.39, 0.29) is 18.4 Å². The highest BCUT2D eigenvalue weighted by Crippen LogP contribution is 2.15. The van der Waals surface area contributed by atoms with Crippen molar-refractivity contribution in [1.82, 2.24) is 10.3 Å². The van der Waals surface area contributed by atoms with Crippen LogP contribution >= 0.6 is 11.3 Å². The van der Waals surface area contributed by atoms with Crippen LogP contribution in [0.1, 0.15) is 55.2 Å². The third kappa shape index (κ3) is 6.34. The summed E-state index contributed by atoms with van der Waals surface area (Å²) in [6.45, 7) is 8.41. The summed E-state index contributed by atoms with van der Waals surface area (Å²) in [5.74, 6) is -0.188. The summed E-state index contributed by atoms with van der Waals surface area (Å²) >= 11 is 1.57. The molecule has 1 N–H and O–H groups in total. The summed E-state index contributed by atoms with van der Waals surface area (Å²) in [5, 5.41) is 5.72. The number of amides is 1. The highest BCUT2D eigenvalue weighted by atomic mass is 32.1. The molecule has 1 aromatic carbocycles. The van der Waals surface area contributed by atoms with Crippen LogP contribution in [-0.4, -0.2) is 29.5 Å². The number of rotatable bonds is 10. The smallest absolute Gasteiger partial charge is 0.329 e. The van der Waals surface area contributed by atoms with Crippen molar-refractivity contribution in [2.75, 3.05) is 6.61 Å². The Labute approximate surface area is 170 Å². The van der Waals surface area contributed by atoms with Gasteiger partial charge in [0.25, 0.3) is 5.91 Å². The largest absolute Gasteiger partial charge is 0.494 e. The first kappa shape index (κ1) is 21.9. The van der Waals surface area contributed by atoms with Crippen LogP contribution in [0.3, 0.4) is 0 Å². The number of ether oxygens (including phenoxy) is 2. The number of carbonyl (C=O) groups is 2. The molecule has 7 heteroatoms. The number of nitrogens with zero attached hydrogens (tertiary/aromatic N) is 1. The van der Waals surface area contributed by atoms with Crippen LogP contribution in [0.2, 0.25) is 0 Å². The molecule has 1 aromatic heterocycles. The van der Waals surface area contributed by atoms with Crippen molar-refractivity contribution in [2.45, 2.75) is 53.2 Å². The molecule has 0 spiro atoms. The van der Waals surface area contributed by atoms with Gasteiger partial charge < -0.3 is 14.8 Å². The molecule has 0 aliphatic rings. The summed E-state index contributed by atoms with van der Waals surface area (Å²) in [5.41, 5.74) is 1.20. The van der Waals surface area contributed by atoms with Crippen molar-refractivity contribution < 1.29 is 19.1 Å². The predicted octanol–water partition coefficient (Wildman–Crippen LogP) is 3.99. The van der Waals surface area contributed by atoms with E-state index < -0.39 is 12.0 Å². The van der Waals surface area contributed by atoms with Crippen molar-refractivity contribution in [3.05, 3.63) is 45.9 Å².